The van der Waals surface area contributed by atoms with Gasteiger partial charge in [-0.3, -0.25) is 0 Å². The Balaban J connectivity index is 1.15. The van der Waals surface area contributed by atoms with Crippen molar-refractivity contribution in [2.24, 2.45) is 0 Å². The van der Waals surface area contributed by atoms with E-state index in [0.717, 1.165) is 22.7 Å². The van der Waals surface area contributed by atoms with E-state index in [1.54, 1.807) is 0 Å². The van der Waals surface area contributed by atoms with Crippen molar-refractivity contribution in [2.45, 2.75) is 0 Å². The second kappa shape index (κ2) is 15.5. The minimum atomic E-state index is -2.72. The van der Waals surface area contributed by atoms with E-state index in [9.17, 15) is 0 Å². The number of hydrogen-bond donors (Lipinski definition) is 0. The van der Waals surface area contributed by atoms with E-state index >= 15 is 0 Å². The average molecular weight is 795 g/mol. The van der Waals surface area contributed by atoms with Crippen LogP contribution in [-0.2, 0) is 0 Å². The Morgan fingerprint density at radius 1 is 0.328 bits per heavy atom. The highest BCUT2D eigenvalue weighted by atomic mass is 28.3. The largest absolute Gasteiger partial charge is 0.310 e. The van der Waals surface area contributed by atoms with Gasteiger partial charge in [0.25, 0.3) is 0 Å². The van der Waals surface area contributed by atoms with Crippen LogP contribution in [0.1, 0.15) is 0 Å². The van der Waals surface area contributed by atoms with Crippen LogP contribution in [0.3, 0.4) is 0 Å². The summed E-state index contributed by atoms with van der Waals surface area (Å²) in [6, 6.07) is 93.7. The van der Waals surface area contributed by atoms with Crippen molar-refractivity contribution in [1.29, 1.82) is 0 Å². The molecule has 3 heteroatoms. The molecule has 2 nitrogen and oxygen atoms in total. The summed E-state index contributed by atoms with van der Waals surface area (Å²) in [5, 5.41) is 10.3. The third kappa shape index (κ3) is 6.26. The van der Waals surface area contributed by atoms with Crippen LogP contribution in [0, 0.1) is 0 Å². The molecule has 0 N–H and O–H groups in total. The fourth-order valence-electron chi connectivity index (χ4n) is 9.58. The molecule has 0 aliphatic heterocycles. The summed E-state index contributed by atoms with van der Waals surface area (Å²) in [7, 11) is -2.72. The van der Waals surface area contributed by atoms with Gasteiger partial charge in [0.2, 0.25) is 0 Å². The molecule has 0 aliphatic rings. The van der Waals surface area contributed by atoms with Gasteiger partial charge in [-0.25, -0.2) is 0 Å². The lowest BCUT2D eigenvalue weighted by atomic mass is 10.0. The van der Waals surface area contributed by atoms with Crippen LogP contribution in [0.25, 0.3) is 49.4 Å². The SMILES string of the molecule is c1ccc(-c2ccc3cc(N(c4ccc([Si](c5ccccc5)(c5ccccc5)c5ccccc5)cc4)c4cccc5c4c4ccccc4n5-c4ccccc4)ccc3c2)cc1. The summed E-state index contributed by atoms with van der Waals surface area (Å²) in [5.74, 6) is 0. The Hall–Kier alpha value is -7.72. The van der Waals surface area contributed by atoms with Crippen LogP contribution in [-0.4, -0.2) is 12.6 Å². The van der Waals surface area contributed by atoms with Gasteiger partial charge in [-0.05, 0) is 103 Å². The van der Waals surface area contributed by atoms with Crippen LogP contribution in [0.4, 0.5) is 17.1 Å². The summed E-state index contributed by atoms with van der Waals surface area (Å²) in [5.41, 5.74) is 9.28. The maximum atomic E-state index is 2.47. The van der Waals surface area contributed by atoms with E-state index in [1.807, 2.05) is 0 Å². The van der Waals surface area contributed by atoms with Crippen molar-refractivity contribution in [3.8, 4) is 16.8 Å². The molecule has 1 heterocycles. The smallest absolute Gasteiger partial charge is 0.179 e. The molecule has 0 aliphatic carbocycles. The number of para-hydroxylation sites is 2. The Morgan fingerprint density at radius 3 is 1.46 bits per heavy atom. The quantitative estimate of drug-likeness (QED) is 0.104. The highest BCUT2D eigenvalue weighted by Gasteiger charge is 2.41. The van der Waals surface area contributed by atoms with Gasteiger partial charge in [-0.2, -0.15) is 0 Å². The highest BCUT2D eigenvalue weighted by Crippen LogP contribution is 2.44. The normalized spacial score (nSPS) is 11.6. The number of aromatic nitrogens is 1. The Labute approximate surface area is 357 Å². The summed E-state index contributed by atoms with van der Waals surface area (Å²) >= 11 is 0. The lowest BCUT2D eigenvalue weighted by Crippen LogP contribution is -2.74. The van der Waals surface area contributed by atoms with E-state index in [2.05, 4.69) is 264 Å². The zero-order chi connectivity index (χ0) is 40.6. The van der Waals surface area contributed by atoms with Gasteiger partial charge in [0.1, 0.15) is 0 Å². The van der Waals surface area contributed by atoms with E-state index < -0.39 is 8.07 Å². The molecule has 11 aromatic rings. The molecule has 61 heavy (non-hydrogen) atoms. The summed E-state index contributed by atoms with van der Waals surface area (Å²) in [6.07, 6.45) is 0. The molecule has 288 valence electrons. The molecule has 10 aromatic carbocycles. The standard InChI is InChI=1S/C58H42N2Si/c1-6-19-43(20-7-1)44-33-34-46-42-49(36-35-45(46)41-44)59(56-31-18-32-57-58(56)54-29-16-17-30-55(54)60(57)47-21-8-2-9-22-47)48-37-39-53(40-38-48)61(50-23-10-3-11-24-50,51-25-12-4-13-26-51)52-27-14-5-15-28-52/h1-42H. The molecular weight excluding hydrogens is 753 g/mol. The van der Waals surface area contributed by atoms with Gasteiger partial charge in [-0.15, -0.1) is 0 Å². The number of rotatable bonds is 9. The molecule has 0 saturated heterocycles. The van der Waals surface area contributed by atoms with Crippen molar-refractivity contribution >= 4 is 78.5 Å². The lowest BCUT2D eigenvalue weighted by molar-refractivity contribution is 1.18. The summed E-state index contributed by atoms with van der Waals surface area (Å²) in [4.78, 5) is 2.47. The molecule has 1 aromatic heterocycles. The Kier molecular flexibility index (Phi) is 9.22. The molecule has 0 spiro atoms. The number of hydrogen-bond acceptors (Lipinski definition) is 1. The van der Waals surface area contributed by atoms with Crippen molar-refractivity contribution in [3.63, 3.8) is 0 Å². The van der Waals surface area contributed by atoms with Gasteiger partial charge in [-0.1, -0.05) is 194 Å². The molecule has 11 rings (SSSR count). The van der Waals surface area contributed by atoms with Crippen LogP contribution in [0.15, 0.2) is 255 Å². The van der Waals surface area contributed by atoms with Crippen LogP contribution in [0.2, 0.25) is 0 Å². The van der Waals surface area contributed by atoms with Crippen LogP contribution in [0.5, 0.6) is 0 Å². The third-order valence-corrected chi connectivity index (χ3v) is 17.1. The van der Waals surface area contributed by atoms with E-state index in [0.29, 0.717) is 0 Å². The zero-order valence-corrected chi connectivity index (χ0v) is 34.6. The molecule has 0 fully saturated rings. The molecule has 0 radical (unpaired) electrons. The average Bonchev–Trinajstić information content (AvgIpc) is 3.69. The van der Waals surface area contributed by atoms with Gasteiger partial charge in [0, 0.05) is 27.8 Å². The van der Waals surface area contributed by atoms with Crippen molar-refractivity contribution in [1.82, 2.24) is 4.57 Å². The first-order chi connectivity index (χ1) is 30.3. The molecule has 0 saturated carbocycles. The first-order valence-corrected chi connectivity index (χ1v) is 23.0. The minimum Gasteiger partial charge on any atom is -0.310 e. The maximum absolute atomic E-state index is 2.72. The fraction of sp³-hybridized carbons (Fsp3) is 0. The molecular formula is C58H42N2Si. The summed E-state index contributed by atoms with van der Waals surface area (Å²) < 4.78 is 2.40. The monoisotopic (exact) mass is 794 g/mol. The summed E-state index contributed by atoms with van der Waals surface area (Å²) in [6.45, 7) is 0. The topological polar surface area (TPSA) is 8.17 Å². The number of anilines is 3. The van der Waals surface area contributed by atoms with E-state index in [-0.39, 0.29) is 0 Å². The van der Waals surface area contributed by atoms with Gasteiger partial charge < -0.3 is 9.47 Å². The van der Waals surface area contributed by atoms with Crippen LogP contribution < -0.4 is 25.6 Å². The predicted molar refractivity (Wildman–Crippen MR) is 262 cm³/mol. The number of benzene rings is 10. The van der Waals surface area contributed by atoms with E-state index in [1.165, 1.54) is 64.5 Å². The van der Waals surface area contributed by atoms with Crippen molar-refractivity contribution in [2.75, 3.05) is 4.90 Å². The number of nitrogens with zero attached hydrogens (tertiary/aromatic N) is 2. The zero-order valence-electron chi connectivity index (χ0n) is 33.6. The third-order valence-electron chi connectivity index (χ3n) is 12.3. The van der Waals surface area contributed by atoms with E-state index in [4.69, 9.17) is 0 Å². The first kappa shape index (κ1) is 36.4. The second-order valence-electron chi connectivity index (χ2n) is 15.7. The Morgan fingerprint density at radius 2 is 0.820 bits per heavy atom. The Bertz CT molecular complexity index is 3180. The predicted octanol–water partition coefficient (Wildman–Crippen LogP) is 12.5. The molecule has 0 atom stereocenters. The molecule has 0 bridgehead atoms. The molecule has 0 amide bonds. The van der Waals surface area contributed by atoms with Gasteiger partial charge in [0.05, 0.1) is 16.7 Å². The molecule has 0 unspecified atom stereocenters. The first-order valence-electron chi connectivity index (χ1n) is 21.0. The van der Waals surface area contributed by atoms with Crippen molar-refractivity contribution in [3.05, 3.63) is 255 Å². The second-order valence-corrected chi connectivity index (χ2v) is 19.5. The van der Waals surface area contributed by atoms with Crippen LogP contribution >= 0.6 is 0 Å². The highest BCUT2D eigenvalue weighted by molar-refractivity contribution is 7.19. The minimum absolute atomic E-state index is 1.10. The maximum Gasteiger partial charge on any atom is 0.179 e. The fourth-order valence-corrected chi connectivity index (χ4v) is 14.3. The number of fused-ring (bicyclic) bond motifs is 4. The van der Waals surface area contributed by atoms with Crippen molar-refractivity contribution < 1.29 is 0 Å². The van der Waals surface area contributed by atoms with Gasteiger partial charge in [0.15, 0.2) is 8.07 Å². The lowest BCUT2D eigenvalue weighted by Gasteiger charge is -2.35. The van der Waals surface area contributed by atoms with Gasteiger partial charge >= 0.3 is 0 Å².